The Hall–Kier alpha value is -2.70. The van der Waals surface area contributed by atoms with E-state index in [0.29, 0.717) is 11.1 Å². The van der Waals surface area contributed by atoms with Crippen LogP contribution in [0.2, 0.25) is 0 Å². The molecule has 0 aliphatic carbocycles. The van der Waals surface area contributed by atoms with E-state index in [0.717, 1.165) is 0 Å². The van der Waals surface area contributed by atoms with Gasteiger partial charge in [-0.1, -0.05) is 36.4 Å². The first-order valence-electron chi connectivity index (χ1n) is 7.19. The molecule has 0 fully saturated rings. The van der Waals surface area contributed by atoms with Crippen LogP contribution in [0.15, 0.2) is 60.7 Å². The van der Waals surface area contributed by atoms with Crippen LogP contribution in [-0.4, -0.2) is 22.8 Å². The highest BCUT2D eigenvalue weighted by atomic mass is 17.2. The van der Waals surface area contributed by atoms with Gasteiger partial charge >= 0.3 is 11.9 Å². The van der Waals surface area contributed by atoms with Crippen molar-refractivity contribution in [1.82, 2.24) is 0 Å². The Morgan fingerprint density at radius 2 is 1.21 bits per heavy atom. The zero-order valence-corrected chi connectivity index (χ0v) is 13.8. The summed E-state index contributed by atoms with van der Waals surface area (Å²) >= 11 is 0. The van der Waals surface area contributed by atoms with Crippen LogP contribution in [0.4, 0.5) is 0 Å². The molecule has 0 aliphatic rings. The predicted molar refractivity (Wildman–Crippen MR) is 87.2 cm³/mol. The topological polar surface area (TPSA) is 82.1 Å². The highest BCUT2D eigenvalue weighted by Crippen LogP contribution is 2.09. The summed E-state index contributed by atoms with van der Waals surface area (Å²) < 4.78 is 0. The van der Waals surface area contributed by atoms with E-state index in [1.165, 1.54) is 0 Å². The van der Waals surface area contributed by atoms with Crippen LogP contribution in [0.3, 0.4) is 0 Å². The third kappa shape index (κ3) is 7.53. The van der Waals surface area contributed by atoms with Gasteiger partial charge in [0.2, 0.25) is 0 Å². The molecule has 128 valence electrons. The lowest BCUT2D eigenvalue weighted by atomic mass is 10.2. The van der Waals surface area contributed by atoms with Gasteiger partial charge in [-0.15, -0.1) is 0 Å². The fourth-order valence-electron chi connectivity index (χ4n) is 1.41. The molecule has 0 unspecified atom stereocenters. The maximum absolute atomic E-state index is 11.3. The summed E-state index contributed by atoms with van der Waals surface area (Å²) in [5.41, 5.74) is 0.339. The van der Waals surface area contributed by atoms with E-state index < -0.39 is 17.5 Å². The van der Waals surface area contributed by atoms with Crippen LogP contribution in [0.1, 0.15) is 41.5 Å². The van der Waals surface area contributed by atoms with Crippen molar-refractivity contribution in [3.63, 3.8) is 0 Å². The van der Waals surface area contributed by atoms with E-state index in [1.807, 2.05) is 26.8 Å². The molecular weight excluding hydrogens is 312 g/mol. The summed E-state index contributed by atoms with van der Waals surface area (Å²) in [6, 6.07) is 17.0. The van der Waals surface area contributed by atoms with Crippen molar-refractivity contribution in [2.75, 3.05) is 0 Å². The molecule has 0 amide bonds. The van der Waals surface area contributed by atoms with Gasteiger partial charge in [-0.05, 0) is 45.0 Å². The second kappa shape index (κ2) is 9.44. The van der Waals surface area contributed by atoms with Crippen LogP contribution < -0.4 is 0 Å². The van der Waals surface area contributed by atoms with Gasteiger partial charge in [-0.3, -0.25) is 9.78 Å². The smallest absolute Gasteiger partial charge is 0.296 e. The van der Waals surface area contributed by atoms with E-state index in [1.54, 1.807) is 54.6 Å². The van der Waals surface area contributed by atoms with Crippen molar-refractivity contribution < 1.29 is 29.5 Å². The Morgan fingerprint density at radius 3 is 1.58 bits per heavy atom. The van der Waals surface area contributed by atoms with Crippen LogP contribution in [0.5, 0.6) is 0 Å². The molecule has 0 aliphatic heterocycles. The summed E-state index contributed by atoms with van der Waals surface area (Å²) in [5, 5.41) is 7.94. The zero-order valence-electron chi connectivity index (χ0n) is 13.8. The fraction of sp³-hybridized carbons (Fsp3) is 0.222. The van der Waals surface area contributed by atoms with Gasteiger partial charge in [0, 0.05) is 0 Å². The second-order valence-electron chi connectivity index (χ2n) is 5.68. The minimum atomic E-state index is -0.736. The zero-order chi connectivity index (χ0) is 18.0. The molecule has 2 rings (SSSR count). The molecule has 0 atom stereocenters. The SMILES string of the molecule is CC(C)(C)OOC(=O)c1ccccc1.O=C(OO)c1ccccc1. The Labute approximate surface area is 140 Å². The summed E-state index contributed by atoms with van der Waals surface area (Å²) in [4.78, 5) is 34.9. The first-order chi connectivity index (χ1) is 11.3. The lowest BCUT2D eigenvalue weighted by Crippen LogP contribution is -2.21. The van der Waals surface area contributed by atoms with Crippen LogP contribution in [-0.2, 0) is 14.7 Å². The molecule has 0 bridgehead atoms. The summed E-state index contributed by atoms with van der Waals surface area (Å²) in [5.74, 6) is -1.21. The minimum Gasteiger partial charge on any atom is -0.296 e. The highest BCUT2D eigenvalue weighted by Gasteiger charge is 2.16. The monoisotopic (exact) mass is 332 g/mol. The quantitative estimate of drug-likeness (QED) is 0.678. The summed E-state index contributed by atoms with van der Waals surface area (Å²) in [6.45, 7) is 5.43. The minimum absolute atomic E-state index is 0.338. The van der Waals surface area contributed by atoms with Crippen molar-refractivity contribution in [2.24, 2.45) is 0 Å². The molecule has 2 aromatic rings. The summed E-state index contributed by atoms with van der Waals surface area (Å²) in [7, 11) is 0. The van der Waals surface area contributed by atoms with Gasteiger partial charge in [0.1, 0.15) is 5.60 Å². The molecule has 24 heavy (non-hydrogen) atoms. The largest absolute Gasteiger partial charge is 0.373 e. The Balaban J connectivity index is 0.000000254. The van der Waals surface area contributed by atoms with E-state index >= 15 is 0 Å². The summed E-state index contributed by atoms with van der Waals surface area (Å²) in [6.07, 6.45) is 0. The molecule has 0 saturated carbocycles. The van der Waals surface area contributed by atoms with Crippen molar-refractivity contribution in [3.05, 3.63) is 71.8 Å². The Morgan fingerprint density at radius 1 is 0.792 bits per heavy atom. The molecule has 6 nitrogen and oxygen atoms in total. The predicted octanol–water partition coefficient (Wildman–Crippen LogP) is 3.89. The number of benzene rings is 2. The molecule has 2 aromatic carbocycles. The van der Waals surface area contributed by atoms with Crippen molar-refractivity contribution in [1.29, 1.82) is 0 Å². The van der Waals surface area contributed by atoms with Crippen LogP contribution in [0, 0.1) is 0 Å². The maximum Gasteiger partial charge on any atom is 0.373 e. The molecule has 0 aromatic heterocycles. The van der Waals surface area contributed by atoms with Crippen LogP contribution >= 0.6 is 0 Å². The molecule has 0 spiro atoms. The Bertz CT molecular complexity index is 632. The number of carbonyl (C=O) groups excluding carboxylic acids is 2. The number of hydrogen-bond acceptors (Lipinski definition) is 6. The molecule has 0 saturated heterocycles. The van der Waals surface area contributed by atoms with E-state index in [2.05, 4.69) is 9.78 Å². The standard InChI is InChI=1S/C11H14O3.C7H6O3/c1-11(2,3)14-13-10(12)9-7-5-4-6-8-9;8-7(10-9)6-4-2-1-3-5-6/h4-8H,1-3H3;1-5,9H. The lowest BCUT2D eigenvalue weighted by Gasteiger charge is -2.16. The van der Waals surface area contributed by atoms with Crippen molar-refractivity contribution in [3.8, 4) is 0 Å². The average Bonchev–Trinajstić information content (AvgIpc) is 2.60. The average molecular weight is 332 g/mol. The van der Waals surface area contributed by atoms with Crippen molar-refractivity contribution >= 4 is 11.9 Å². The van der Waals surface area contributed by atoms with Crippen molar-refractivity contribution in [2.45, 2.75) is 26.4 Å². The van der Waals surface area contributed by atoms with E-state index in [4.69, 9.17) is 10.1 Å². The molecule has 6 heteroatoms. The molecule has 1 N–H and O–H groups in total. The first kappa shape index (κ1) is 19.3. The van der Waals surface area contributed by atoms with Crippen LogP contribution in [0.25, 0.3) is 0 Å². The van der Waals surface area contributed by atoms with Gasteiger partial charge in [0.25, 0.3) is 0 Å². The van der Waals surface area contributed by atoms with E-state index in [9.17, 15) is 9.59 Å². The molecule has 0 radical (unpaired) electrons. The molecular formula is C18H20O6. The fourth-order valence-corrected chi connectivity index (χ4v) is 1.41. The van der Waals surface area contributed by atoms with Gasteiger partial charge in [0.05, 0.1) is 11.1 Å². The molecule has 0 heterocycles. The number of hydrogen-bond donors (Lipinski definition) is 1. The van der Waals surface area contributed by atoms with E-state index in [-0.39, 0.29) is 0 Å². The lowest BCUT2D eigenvalue weighted by molar-refractivity contribution is -0.301. The van der Waals surface area contributed by atoms with Gasteiger partial charge < -0.3 is 0 Å². The second-order valence-corrected chi connectivity index (χ2v) is 5.68. The number of carbonyl (C=O) groups is 2. The third-order valence-electron chi connectivity index (χ3n) is 2.47. The van der Waals surface area contributed by atoms with Gasteiger partial charge in [0.15, 0.2) is 0 Å². The normalized spacial score (nSPS) is 10.2. The highest BCUT2D eigenvalue weighted by molar-refractivity contribution is 5.89. The third-order valence-corrected chi connectivity index (χ3v) is 2.47. The Kier molecular flexibility index (Phi) is 7.61. The number of rotatable bonds is 3. The first-order valence-corrected chi connectivity index (χ1v) is 7.19. The van der Waals surface area contributed by atoms with Gasteiger partial charge in [-0.25, -0.2) is 9.59 Å². The maximum atomic E-state index is 11.3. The van der Waals surface area contributed by atoms with Gasteiger partial charge in [-0.2, -0.15) is 10.1 Å².